The summed E-state index contributed by atoms with van der Waals surface area (Å²) in [6.07, 6.45) is 0. The van der Waals surface area contributed by atoms with Crippen molar-refractivity contribution in [2.75, 3.05) is 13.2 Å². The lowest BCUT2D eigenvalue weighted by atomic mass is 10.4. The van der Waals surface area contributed by atoms with Crippen molar-refractivity contribution in [3.05, 3.63) is 29.3 Å². The van der Waals surface area contributed by atoms with Crippen molar-refractivity contribution < 1.29 is 8.85 Å². The Kier molecular flexibility index (Phi) is 5.48. The molecule has 0 aliphatic rings. The predicted octanol–water partition coefficient (Wildman–Crippen LogP) is 3.08. The molecular weight excluding hydrogens is 240 g/mol. The summed E-state index contributed by atoms with van der Waals surface area (Å²) in [6.45, 7) is 7.46. The van der Waals surface area contributed by atoms with Crippen molar-refractivity contribution in [2.24, 2.45) is 0 Å². The van der Waals surface area contributed by atoms with E-state index in [2.05, 4.69) is 6.92 Å². The molecule has 2 nitrogen and oxygen atoms in total. The smallest absolute Gasteiger partial charge is 0.372 e. The maximum Gasteiger partial charge on any atom is 0.372 e. The summed E-state index contributed by atoms with van der Waals surface area (Å²) in [5.74, 6) is 0. The third-order valence-electron chi connectivity index (χ3n) is 2.48. The van der Waals surface area contributed by atoms with Gasteiger partial charge in [0.25, 0.3) is 0 Å². The molecule has 0 saturated carbocycles. The Hall–Kier alpha value is -0.353. The highest BCUT2D eigenvalue weighted by molar-refractivity contribution is 6.81. The second kappa shape index (κ2) is 6.40. The fourth-order valence-corrected chi connectivity index (χ4v) is 4.98. The normalized spacial score (nSPS) is 11.8. The molecule has 1 aromatic carbocycles. The first kappa shape index (κ1) is 13.7. The highest BCUT2D eigenvalue weighted by Crippen LogP contribution is 2.16. The molecule has 0 saturated heterocycles. The van der Waals surface area contributed by atoms with Crippen LogP contribution in [0.2, 0.25) is 11.1 Å². The van der Waals surface area contributed by atoms with Crippen molar-refractivity contribution in [2.45, 2.75) is 26.8 Å². The van der Waals surface area contributed by atoms with Gasteiger partial charge in [-0.05, 0) is 37.2 Å². The molecule has 1 rings (SSSR count). The van der Waals surface area contributed by atoms with Crippen LogP contribution in [0.3, 0.4) is 0 Å². The Morgan fingerprint density at radius 2 is 1.75 bits per heavy atom. The van der Waals surface area contributed by atoms with Crippen LogP contribution in [0.4, 0.5) is 0 Å². The lowest BCUT2D eigenvalue weighted by Crippen LogP contribution is -2.53. The van der Waals surface area contributed by atoms with E-state index in [4.69, 9.17) is 20.5 Å². The van der Waals surface area contributed by atoms with Crippen LogP contribution in [0.5, 0.6) is 0 Å². The van der Waals surface area contributed by atoms with Gasteiger partial charge in [-0.1, -0.05) is 30.7 Å². The summed E-state index contributed by atoms with van der Waals surface area (Å²) in [7, 11) is -2.26. The standard InChI is InChI=1S/C12H19ClO2Si/c1-4-14-16(6-3,15-5-2)12-9-7-8-11(13)10-12/h7-10H,4-6H2,1-3H3. The molecule has 0 heterocycles. The van der Waals surface area contributed by atoms with Crippen molar-refractivity contribution in [1.82, 2.24) is 0 Å². The second-order valence-electron chi connectivity index (χ2n) is 3.48. The Balaban J connectivity index is 3.07. The zero-order valence-electron chi connectivity index (χ0n) is 10.1. The highest BCUT2D eigenvalue weighted by atomic mass is 35.5. The zero-order chi connectivity index (χ0) is 12.0. The van der Waals surface area contributed by atoms with E-state index in [-0.39, 0.29) is 0 Å². The van der Waals surface area contributed by atoms with E-state index in [1.54, 1.807) is 0 Å². The molecule has 0 fully saturated rings. The van der Waals surface area contributed by atoms with Crippen molar-refractivity contribution in [1.29, 1.82) is 0 Å². The summed E-state index contributed by atoms with van der Waals surface area (Å²) in [5.41, 5.74) is 0. The van der Waals surface area contributed by atoms with Gasteiger partial charge in [0, 0.05) is 18.2 Å². The summed E-state index contributed by atoms with van der Waals surface area (Å²) < 4.78 is 11.8. The van der Waals surface area contributed by atoms with Crippen LogP contribution >= 0.6 is 11.6 Å². The van der Waals surface area contributed by atoms with Gasteiger partial charge in [0.05, 0.1) is 0 Å². The Bertz CT molecular complexity index is 325. The summed E-state index contributed by atoms with van der Waals surface area (Å²) in [4.78, 5) is 0. The quantitative estimate of drug-likeness (QED) is 0.730. The van der Waals surface area contributed by atoms with Gasteiger partial charge in [-0.15, -0.1) is 0 Å². The minimum absolute atomic E-state index is 0.673. The fourth-order valence-electron chi connectivity index (χ4n) is 1.81. The molecule has 0 spiro atoms. The van der Waals surface area contributed by atoms with Crippen LogP contribution in [-0.2, 0) is 8.85 Å². The lowest BCUT2D eigenvalue weighted by Gasteiger charge is -2.29. The van der Waals surface area contributed by atoms with E-state index in [1.807, 2.05) is 38.1 Å². The number of hydrogen-bond acceptors (Lipinski definition) is 2. The van der Waals surface area contributed by atoms with E-state index < -0.39 is 8.56 Å². The molecule has 0 radical (unpaired) electrons. The van der Waals surface area contributed by atoms with E-state index in [0.717, 1.165) is 16.3 Å². The van der Waals surface area contributed by atoms with Crippen molar-refractivity contribution >= 4 is 25.3 Å². The molecular formula is C12H19ClO2Si. The molecule has 0 bridgehead atoms. The first-order valence-electron chi connectivity index (χ1n) is 5.72. The average molecular weight is 259 g/mol. The zero-order valence-corrected chi connectivity index (χ0v) is 11.9. The molecule has 0 aliphatic carbocycles. The average Bonchev–Trinajstić information content (AvgIpc) is 2.28. The second-order valence-corrected chi connectivity index (χ2v) is 7.29. The van der Waals surface area contributed by atoms with E-state index in [9.17, 15) is 0 Å². The van der Waals surface area contributed by atoms with Crippen molar-refractivity contribution in [3.8, 4) is 0 Å². The van der Waals surface area contributed by atoms with Gasteiger partial charge in [-0.25, -0.2) is 0 Å². The first-order chi connectivity index (χ1) is 7.68. The van der Waals surface area contributed by atoms with Gasteiger partial charge in [0.2, 0.25) is 0 Å². The molecule has 0 aliphatic heterocycles. The number of benzene rings is 1. The molecule has 90 valence electrons. The molecule has 0 unspecified atom stereocenters. The summed E-state index contributed by atoms with van der Waals surface area (Å²) in [6, 6.07) is 8.73. The molecule has 1 aromatic rings. The van der Waals surface area contributed by atoms with Gasteiger partial charge in [0.15, 0.2) is 0 Å². The van der Waals surface area contributed by atoms with Gasteiger partial charge < -0.3 is 8.85 Å². The van der Waals surface area contributed by atoms with Crippen LogP contribution in [0.25, 0.3) is 0 Å². The van der Waals surface area contributed by atoms with Crippen LogP contribution in [0, 0.1) is 0 Å². The van der Waals surface area contributed by atoms with Crippen LogP contribution in [-0.4, -0.2) is 21.8 Å². The maximum atomic E-state index is 6.02. The monoisotopic (exact) mass is 258 g/mol. The Labute approximate surface area is 104 Å². The predicted molar refractivity (Wildman–Crippen MR) is 70.6 cm³/mol. The van der Waals surface area contributed by atoms with E-state index in [1.165, 1.54) is 0 Å². The summed E-state index contributed by atoms with van der Waals surface area (Å²) in [5, 5.41) is 1.86. The minimum Gasteiger partial charge on any atom is -0.391 e. The molecule has 4 heteroatoms. The van der Waals surface area contributed by atoms with Crippen molar-refractivity contribution in [3.63, 3.8) is 0 Å². The first-order valence-corrected chi connectivity index (χ1v) is 8.12. The third-order valence-corrected chi connectivity index (χ3v) is 6.35. The van der Waals surface area contributed by atoms with Gasteiger partial charge in [-0.3, -0.25) is 0 Å². The number of rotatable bonds is 6. The highest BCUT2D eigenvalue weighted by Gasteiger charge is 2.37. The molecule has 16 heavy (non-hydrogen) atoms. The lowest BCUT2D eigenvalue weighted by molar-refractivity contribution is 0.197. The topological polar surface area (TPSA) is 18.5 Å². The molecule has 0 amide bonds. The maximum absolute atomic E-state index is 6.02. The fraction of sp³-hybridized carbons (Fsp3) is 0.500. The largest absolute Gasteiger partial charge is 0.391 e. The van der Waals surface area contributed by atoms with Crippen LogP contribution in [0.1, 0.15) is 20.8 Å². The third kappa shape index (κ3) is 3.07. The van der Waals surface area contributed by atoms with Gasteiger partial charge in [0.1, 0.15) is 0 Å². The molecule has 0 atom stereocenters. The minimum atomic E-state index is -2.26. The SMILES string of the molecule is CCO[Si](CC)(OCC)c1cccc(Cl)c1. The Morgan fingerprint density at radius 1 is 1.12 bits per heavy atom. The number of halogens is 1. The summed E-state index contributed by atoms with van der Waals surface area (Å²) >= 11 is 6.02. The Morgan fingerprint density at radius 3 is 2.19 bits per heavy atom. The van der Waals surface area contributed by atoms with E-state index >= 15 is 0 Å². The van der Waals surface area contributed by atoms with Crippen LogP contribution in [0.15, 0.2) is 24.3 Å². The molecule has 0 aromatic heterocycles. The van der Waals surface area contributed by atoms with E-state index in [0.29, 0.717) is 13.2 Å². The number of hydrogen-bond donors (Lipinski definition) is 0. The van der Waals surface area contributed by atoms with Gasteiger partial charge >= 0.3 is 8.56 Å². The van der Waals surface area contributed by atoms with Crippen LogP contribution < -0.4 is 5.19 Å². The molecule has 0 N–H and O–H groups in total. The van der Waals surface area contributed by atoms with Gasteiger partial charge in [-0.2, -0.15) is 0 Å².